The van der Waals surface area contributed by atoms with Crippen molar-refractivity contribution in [2.24, 2.45) is 0 Å². The maximum atomic E-state index is 8.98. The minimum absolute atomic E-state index is 0.152. The highest BCUT2D eigenvalue weighted by atomic mass is 35.5. The molecule has 0 fully saturated rings. The predicted molar refractivity (Wildman–Crippen MR) is 63.4 cm³/mol. The molecule has 1 heterocycles. The number of nitrogens with zero attached hydrogens (tertiary/aromatic N) is 1. The standard InChI is InChI=1S/C12H14ClNO/c1-2-9-8-14(5-6-15)12-7-10(13)3-4-11(9)12/h3-4,7-8,15H,2,5-6H2,1H3. The Labute approximate surface area is 94.1 Å². The van der Waals surface area contributed by atoms with Gasteiger partial charge in [-0.25, -0.2) is 0 Å². The normalized spacial score (nSPS) is 11.1. The Balaban J connectivity index is 2.64. The Morgan fingerprint density at radius 3 is 2.87 bits per heavy atom. The third-order valence-corrected chi connectivity index (χ3v) is 2.88. The number of benzene rings is 1. The Hall–Kier alpha value is -0.990. The molecule has 0 unspecified atom stereocenters. The SMILES string of the molecule is CCc1cn(CCO)c2cc(Cl)ccc12. The highest BCUT2D eigenvalue weighted by molar-refractivity contribution is 6.31. The van der Waals surface area contributed by atoms with E-state index in [0.29, 0.717) is 6.54 Å². The molecule has 0 bridgehead atoms. The molecular weight excluding hydrogens is 210 g/mol. The van der Waals surface area contributed by atoms with Gasteiger partial charge in [0.15, 0.2) is 0 Å². The molecular formula is C12H14ClNO. The lowest BCUT2D eigenvalue weighted by Crippen LogP contribution is -1.99. The van der Waals surface area contributed by atoms with E-state index in [-0.39, 0.29) is 6.61 Å². The van der Waals surface area contributed by atoms with Gasteiger partial charge in [0.05, 0.1) is 6.61 Å². The largest absolute Gasteiger partial charge is 0.395 e. The molecule has 0 aliphatic heterocycles. The number of aryl methyl sites for hydroxylation is 1. The van der Waals surface area contributed by atoms with E-state index in [1.54, 1.807) is 0 Å². The fourth-order valence-electron chi connectivity index (χ4n) is 1.92. The van der Waals surface area contributed by atoms with Crippen LogP contribution in [0.5, 0.6) is 0 Å². The second-order valence-electron chi connectivity index (χ2n) is 3.59. The molecule has 0 radical (unpaired) electrons. The molecule has 80 valence electrons. The first-order chi connectivity index (χ1) is 7.26. The molecule has 15 heavy (non-hydrogen) atoms. The minimum atomic E-state index is 0.152. The number of hydrogen-bond acceptors (Lipinski definition) is 1. The zero-order chi connectivity index (χ0) is 10.8. The number of aliphatic hydroxyl groups is 1. The highest BCUT2D eigenvalue weighted by Gasteiger charge is 2.06. The van der Waals surface area contributed by atoms with Gasteiger partial charge < -0.3 is 9.67 Å². The Morgan fingerprint density at radius 2 is 2.20 bits per heavy atom. The van der Waals surface area contributed by atoms with Crippen molar-refractivity contribution in [3.63, 3.8) is 0 Å². The summed E-state index contributed by atoms with van der Waals surface area (Å²) in [6, 6.07) is 5.91. The summed E-state index contributed by atoms with van der Waals surface area (Å²) >= 11 is 5.97. The van der Waals surface area contributed by atoms with Crippen molar-refractivity contribution >= 4 is 22.5 Å². The van der Waals surface area contributed by atoms with E-state index in [9.17, 15) is 0 Å². The minimum Gasteiger partial charge on any atom is -0.395 e. The van der Waals surface area contributed by atoms with Gasteiger partial charge in [0, 0.05) is 28.7 Å². The van der Waals surface area contributed by atoms with E-state index >= 15 is 0 Å². The molecule has 2 rings (SSSR count). The van der Waals surface area contributed by atoms with E-state index in [1.165, 1.54) is 10.9 Å². The van der Waals surface area contributed by atoms with E-state index in [2.05, 4.69) is 17.7 Å². The van der Waals surface area contributed by atoms with Crippen molar-refractivity contribution in [2.45, 2.75) is 19.9 Å². The lowest BCUT2D eigenvalue weighted by atomic mass is 10.1. The van der Waals surface area contributed by atoms with Crippen LogP contribution in [0, 0.1) is 0 Å². The van der Waals surface area contributed by atoms with Gasteiger partial charge in [0.2, 0.25) is 0 Å². The summed E-state index contributed by atoms with van der Waals surface area (Å²) in [4.78, 5) is 0. The molecule has 3 heteroatoms. The predicted octanol–water partition coefficient (Wildman–Crippen LogP) is 2.85. The van der Waals surface area contributed by atoms with Crippen molar-refractivity contribution < 1.29 is 5.11 Å². The molecule has 1 aromatic carbocycles. The lowest BCUT2D eigenvalue weighted by molar-refractivity contribution is 0.278. The molecule has 1 N–H and O–H groups in total. The van der Waals surface area contributed by atoms with Crippen LogP contribution in [0.2, 0.25) is 5.02 Å². The average Bonchev–Trinajstić information content (AvgIpc) is 2.57. The topological polar surface area (TPSA) is 25.2 Å². The molecule has 0 aliphatic carbocycles. The van der Waals surface area contributed by atoms with Crippen LogP contribution in [0.1, 0.15) is 12.5 Å². The van der Waals surface area contributed by atoms with Gasteiger partial charge >= 0.3 is 0 Å². The van der Waals surface area contributed by atoms with Crippen LogP contribution in [0.4, 0.5) is 0 Å². The third kappa shape index (κ3) is 1.87. The Kier molecular flexibility index (Phi) is 2.98. The Bertz CT molecular complexity index is 476. The van der Waals surface area contributed by atoms with Crippen molar-refractivity contribution in [3.05, 3.63) is 35.0 Å². The summed E-state index contributed by atoms with van der Waals surface area (Å²) in [5.41, 5.74) is 2.41. The fourth-order valence-corrected chi connectivity index (χ4v) is 2.08. The number of halogens is 1. The number of aromatic nitrogens is 1. The summed E-state index contributed by atoms with van der Waals surface area (Å²) in [6.45, 7) is 2.91. The number of hydrogen-bond donors (Lipinski definition) is 1. The van der Waals surface area contributed by atoms with Crippen LogP contribution in [0.3, 0.4) is 0 Å². The van der Waals surface area contributed by atoms with Crippen LogP contribution >= 0.6 is 11.6 Å². The van der Waals surface area contributed by atoms with E-state index < -0.39 is 0 Å². The first kappa shape index (κ1) is 10.5. The van der Waals surface area contributed by atoms with Crippen molar-refractivity contribution in [1.82, 2.24) is 4.57 Å². The van der Waals surface area contributed by atoms with Crippen molar-refractivity contribution in [3.8, 4) is 0 Å². The lowest BCUT2D eigenvalue weighted by Gasteiger charge is -2.01. The van der Waals surface area contributed by atoms with Crippen LogP contribution in [0.25, 0.3) is 10.9 Å². The summed E-state index contributed by atoms with van der Waals surface area (Å²) in [5, 5.41) is 10.9. The molecule has 0 saturated carbocycles. The summed E-state index contributed by atoms with van der Waals surface area (Å²) in [7, 11) is 0. The molecule has 0 spiro atoms. The first-order valence-corrected chi connectivity index (χ1v) is 5.52. The number of aliphatic hydroxyl groups excluding tert-OH is 1. The second kappa shape index (κ2) is 4.25. The monoisotopic (exact) mass is 223 g/mol. The van der Waals surface area contributed by atoms with E-state index in [1.807, 2.05) is 18.2 Å². The molecule has 0 aliphatic rings. The summed E-state index contributed by atoms with van der Waals surface area (Å²) in [5.74, 6) is 0. The van der Waals surface area contributed by atoms with Crippen LogP contribution in [-0.4, -0.2) is 16.3 Å². The van der Waals surface area contributed by atoms with Crippen LogP contribution in [-0.2, 0) is 13.0 Å². The average molecular weight is 224 g/mol. The van der Waals surface area contributed by atoms with E-state index in [4.69, 9.17) is 16.7 Å². The molecule has 0 atom stereocenters. The highest BCUT2D eigenvalue weighted by Crippen LogP contribution is 2.25. The third-order valence-electron chi connectivity index (χ3n) is 2.65. The zero-order valence-electron chi connectivity index (χ0n) is 8.70. The molecule has 0 saturated heterocycles. The van der Waals surface area contributed by atoms with Crippen molar-refractivity contribution in [1.29, 1.82) is 0 Å². The zero-order valence-corrected chi connectivity index (χ0v) is 9.46. The maximum absolute atomic E-state index is 8.98. The molecule has 0 amide bonds. The van der Waals surface area contributed by atoms with Gasteiger partial charge in [-0.15, -0.1) is 0 Å². The number of fused-ring (bicyclic) bond motifs is 1. The first-order valence-electron chi connectivity index (χ1n) is 5.14. The van der Waals surface area contributed by atoms with Gasteiger partial charge in [-0.2, -0.15) is 0 Å². The molecule has 2 aromatic rings. The van der Waals surface area contributed by atoms with Gasteiger partial charge in [-0.05, 0) is 24.1 Å². The second-order valence-corrected chi connectivity index (χ2v) is 4.02. The van der Waals surface area contributed by atoms with Gasteiger partial charge in [0.1, 0.15) is 0 Å². The summed E-state index contributed by atoms with van der Waals surface area (Å²) in [6.07, 6.45) is 3.09. The smallest absolute Gasteiger partial charge is 0.0610 e. The van der Waals surface area contributed by atoms with Crippen LogP contribution in [0.15, 0.2) is 24.4 Å². The van der Waals surface area contributed by atoms with Gasteiger partial charge in [-0.1, -0.05) is 24.6 Å². The fraction of sp³-hybridized carbons (Fsp3) is 0.333. The molecule has 1 aromatic heterocycles. The van der Waals surface area contributed by atoms with Gasteiger partial charge in [-0.3, -0.25) is 0 Å². The van der Waals surface area contributed by atoms with Crippen LogP contribution < -0.4 is 0 Å². The van der Waals surface area contributed by atoms with E-state index in [0.717, 1.165) is 17.0 Å². The maximum Gasteiger partial charge on any atom is 0.0610 e. The number of rotatable bonds is 3. The summed E-state index contributed by atoms with van der Waals surface area (Å²) < 4.78 is 2.06. The Morgan fingerprint density at radius 1 is 1.40 bits per heavy atom. The molecule has 2 nitrogen and oxygen atoms in total. The van der Waals surface area contributed by atoms with Gasteiger partial charge in [0.25, 0.3) is 0 Å². The van der Waals surface area contributed by atoms with Crippen molar-refractivity contribution in [2.75, 3.05) is 6.61 Å². The quantitative estimate of drug-likeness (QED) is 0.851.